The quantitative estimate of drug-likeness (QED) is 0.223. The largest absolute Gasteiger partial charge is 0.481 e. The molecule has 5 atom stereocenters. The Morgan fingerprint density at radius 3 is 2.79 bits per heavy atom. The van der Waals surface area contributed by atoms with Gasteiger partial charge in [0.05, 0.1) is 6.10 Å². The van der Waals surface area contributed by atoms with Gasteiger partial charge in [-0.1, -0.05) is 45.1 Å². The first kappa shape index (κ1) is 27.3. The van der Waals surface area contributed by atoms with E-state index in [-0.39, 0.29) is 36.1 Å². The predicted octanol–water partition coefficient (Wildman–Crippen LogP) is 5.94. The molecule has 1 heterocycles. The van der Waals surface area contributed by atoms with Crippen molar-refractivity contribution in [3.05, 3.63) is 24.3 Å². The molecule has 0 spiro atoms. The second kappa shape index (κ2) is 13.7. The van der Waals surface area contributed by atoms with E-state index in [0.29, 0.717) is 31.0 Å². The first-order valence-electron chi connectivity index (χ1n) is 12.5. The van der Waals surface area contributed by atoms with Gasteiger partial charge < -0.3 is 14.6 Å². The Labute approximate surface area is 200 Å². The Morgan fingerprint density at radius 2 is 2.12 bits per heavy atom. The highest BCUT2D eigenvalue weighted by Crippen LogP contribution is 2.39. The van der Waals surface area contributed by atoms with Crippen LogP contribution in [0.3, 0.4) is 0 Å². The SMILES string of the molecule is CC#CCC(C)(C)[C@@H](C=C[C@H]1[C@H](C)CC(=O)[C@@H]1CC=CCCCC(=O)O)OC1CCCCO1. The summed E-state index contributed by atoms with van der Waals surface area (Å²) < 4.78 is 12.3. The Bertz CT molecular complexity index is 748. The van der Waals surface area contributed by atoms with Crippen molar-refractivity contribution in [1.29, 1.82) is 0 Å². The summed E-state index contributed by atoms with van der Waals surface area (Å²) in [7, 11) is 0. The summed E-state index contributed by atoms with van der Waals surface area (Å²) in [6.07, 6.45) is 14.8. The highest BCUT2D eigenvalue weighted by atomic mass is 16.7. The first-order valence-corrected chi connectivity index (χ1v) is 12.5. The van der Waals surface area contributed by atoms with Crippen molar-refractivity contribution in [3.63, 3.8) is 0 Å². The van der Waals surface area contributed by atoms with E-state index in [9.17, 15) is 9.59 Å². The Kier molecular flexibility index (Phi) is 11.4. The number of carboxylic acids is 1. The van der Waals surface area contributed by atoms with Crippen LogP contribution in [0.4, 0.5) is 0 Å². The number of rotatable bonds is 12. The molecule has 5 heteroatoms. The molecule has 2 aliphatic rings. The van der Waals surface area contributed by atoms with Crippen LogP contribution in [0.5, 0.6) is 0 Å². The fourth-order valence-electron chi connectivity index (χ4n) is 4.68. The molecule has 1 saturated heterocycles. The fourth-order valence-corrected chi connectivity index (χ4v) is 4.68. The van der Waals surface area contributed by atoms with Gasteiger partial charge >= 0.3 is 5.97 Å². The third kappa shape index (κ3) is 9.10. The van der Waals surface area contributed by atoms with Crippen LogP contribution < -0.4 is 0 Å². The minimum atomic E-state index is -0.767. The van der Waals surface area contributed by atoms with Gasteiger partial charge in [0.1, 0.15) is 5.78 Å². The van der Waals surface area contributed by atoms with E-state index in [2.05, 4.69) is 44.8 Å². The van der Waals surface area contributed by atoms with Crippen molar-refractivity contribution in [2.45, 2.75) is 97.9 Å². The first-order chi connectivity index (χ1) is 15.7. The van der Waals surface area contributed by atoms with E-state index in [1.807, 2.05) is 19.1 Å². The molecule has 1 N–H and O–H groups in total. The number of hydrogen-bond acceptors (Lipinski definition) is 4. The molecule has 0 amide bonds. The van der Waals surface area contributed by atoms with E-state index in [0.717, 1.165) is 38.7 Å². The number of unbranched alkanes of at least 4 members (excludes halogenated alkanes) is 1. The maximum Gasteiger partial charge on any atom is 0.303 e. The molecule has 1 unspecified atom stereocenters. The molecular weight excluding hydrogens is 416 g/mol. The lowest BCUT2D eigenvalue weighted by Crippen LogP contribution is -2.36. The normalized spacial score (nSPS) is 27.1. The predicted molar refractivity (Wildman–Crippen MR) is 130 cm³/mol. The number of carbonyl (C=O) groups is 2. The number of aliphatic carboxylic acids is 1. The van der Waals surface area contributed by atoms with Gasteiger partial charge in [-0.25, -0.2) is 0 Å². The van der Waals surface area contributed by atoms with Gasteiger partial charge in [-0.3, -0.25) is 9.59 Å². The van der Waals surface area contributed by atoms with Crippen LogP contribution in [0.2, 0.25) is 0 Å². The number of hydrogen-bond donors (Lipinski definition) is 1. The van der Waals surface area contributed by atoms with Gasteiger partial charge in [-0.05, 0) is 57.3 Å². The summed E-state index contributed by atoms with van der Waals surface area (Å²) >= 11 is 0. The third-order valence-corrected chi connectivity index (χ3v) is 6.81. The summed E-state index contributed by atoms with van der Waals surface area (Å²) in [4.78, 5) is 23.3. The van der Waals surface area contributed by atoms with E-state index in [1.54, 1.807) is 0 Å². The van der Waals surface area contributed by atoms with Crippen LogP contribution in [0, 0.1) is 35.0 Å². The number of allylic oxidation sites excluding steroid dienone is 3. The number of carboxylic acid groups (broad SMARTS) is 1. The average Bonchev–Trinajstić information content (AvgIpc) is 3.04. The summed E-state index contributed by atoms with van der Waals surface area (Å²) in [5, 5.41) is 8.75. The maximum atomic E-state index is 12.7. The van der Waals surface area contributed by atoms with Crippen LogP contribution in [-0.2, 0) is 19.1 Å². The van der Waals surface area contributed by atoms with Crippen LogP contribution in [0.15, 0.2) is 24.3 Å². The summed E-state index contributed by atoms with van der Waals surface area (Å²) in [6.45, 7) is 9.10. The average molecular weight is 459 g/mol. The summed E-state index contributed by atoms with van der Waals surface area (Å²) in [6, 6.07) is 0. The molecule has 5 nitrogen and oxygen atoms in total. The molecule has 2 rings (SSSR count). The lowest BCUT2D eigenvalue weighted by atomic mass is 9.81. The summed E-state index contributed by atoms with van der Waals surface area (Å²) in [5.74, 6) is 6.19. The molecule has 2 fully saturated rings. The fraction of sp³-hybridized carbons (Fsp3) is 0.714. The smallest absolute Gasteiger partial charge is 0.303 e. The van der Waals surface area contributed by atoms with E-state index in [4.69, 9.17) is 14.6 Å². The van der Waals surface area contributed by atoms with Gasteiger partial charge in [-0.2, -0.15) is 0 Å². The molecule has 0 aromatic rings. The lowest BCUT2D eigenvalue weighted by Gasteiger charge is -2.35. The number of carbonyl (C=O) groups excluding carboxylic acids is 1. The molecule has 1 aliphatic heterocycles. The Hall–Kier alpha value is -1.90. The van der Waals surface area contributed by atoms with E-state index >= 15 is 0 Å². The zero-order valence-electron chi connectivity index (χ0n) is 20.8. The molecule has 1 aliphatic carbocycles. The molecule has 0 aromatic carbocycles. The number of ether oxygens (including phenoxy) is 2. The van der Waals surface area contributed by atoms with Crippen molar-refractivity contribution in [3.8, 4) is 11.8 Å². The molecule has 0 bridgehead atoms. The second-order valence-electron chi connectivity index (χ2n) is 10.2. The highest BCUT2D eigenvalue weighted by Gasteiger charge is 2.38. The molecular formula is C28H42O5. The van der Waals surface area contributed by atoms with E-state index < -0.39 is 5.97 Å². The number of Topliss-reactive ketones (excluding diaryl/α,β-unsaturated/α-hetero) is 1. The number of ketones is 1. The van der Waals surface area contributed by atoms with Crippen molar-refractivity contribution < 1.29 is 24.2 Å². The molecule has 0 radical (unpaired) electrons. The van der Waals surface area contributed by atoms with Gasteiger partial charge in [0, 0.05) is 37.2 Å². The summed E-state index contributed by atoms with van der Waals surface area (Å²) in [5.41, 5.74) is -0.175. The van der Waals surface area contributed by atoms with Crippen LogP contribution in [0.1, 0.15) is 85.5 Å². The standard InChI is InChI=1S/C28H42O5/c1-5-6-18-28(3,4)25(33-27-15-11-12-19-32-27)17-16-22-21(2)20-24(29)23(22)13-9-7-8-10-14-26(30)31/h7,9,16-17,21-23,25,27H,8,10-15,18-20H2,1-4H3,(H,30,31)/t21-,22+,23-,25-,27?/m1/s1. The maximum absolute atomic E-state index is 12.7. The van der Waals surface area contributed by atoms with Gasteiger partial charge in [-0.15, -0.1) is 11.8 Å². The van der Waals surface area contributed by atoms with Gasteiger partial charge in [0.25, 0.3) is 0 Å². The zero-order valence-corrected chi connectivity index (χ0v) is 20.8. The van der Waals surface area contributed by atoms with Crippen molar-refractivity contribution >= 4 is 11.8 Å². The van der Waals surface area contributed by atoms with Crippen molar-refractivity contribution in [2.75, 3.05) is 6.61 Å². The van der Waals surface area contributed by atoms with E-state index in [1.165, 1.54) is 0 Å². The minimum absolute atomic E-state index is 0.0305. The van der Waals surface area contributed by atoms with Crippen LogP contribution in [0.25, 0.3) is 0 Å². The minimum Gasteiger partial charge on any atom is -0.481 e. The van der Waals surface area contributed by atoms with Crippen molar-refractivity contribution in [1.82, 2.24) is 0 Å². The zero-order chi connectivity index (χ0) is 24.3. The topological polar surface area (TPSA) is 72.8 Å². The second-order valence-corrected chi connectivity index (χ2v) is 10.2. The third-order valence-electron chi connectivity index (χ3n) is 6.81. The van der Waals surface area contributed by atoms with Crippen LogP contribution >= 0.6 is 0 Å². The molecule has 184 valence electrons. The Morgan fingerprint density at radius 1 is 1.33 bits per heavy atom. The lowest BCUT2D eigenvalue weighted by molar-refractivity contribution is -0.196. The molecule has 1 saturated carbocycles. The van der Waals surface area contributed by atoms with Gasteiger partial charge in [0.15, 0.2) is 6.29 Å². The van der Waals surface area contributed by atoms with Crippen molar-refractivity contribution in [2.24, 2.45) is 23.2 Å². The van der Waals surface area contributed by atoms with Crippen LogP contribution in [-0.4, -0.2) is 35.9 Å². The monoisotopic (exact) mass is 458 g/mol. The molecule has 0 aromatic heterocycles. The Balaban J connectivity index is 2.08. The van der Waals surface area contributed by atoms with Gasteiger partial charge in [0.2, 0.25) is 0 Å². The molecule has 33 heavy (non-hydrogen) atoms. The highest BCUT2D eigenvalue weighted by molar-refractivity contribution is 5.84.